The SMILES string of the molecule is C[C@@H]1CCCC(C2CC3CCC2(C)C3(C)C)C1=O. The summed E-state index contributed by atoms with van der Waals surface area (Å²) in [4.78, 5) is 12.5. The van der Waals surface area contributed by atoms with E-state index in [1.54, 1.807) is 0 Å². The molecular formula is C17H28O. The van der Waals surface area contributed by atoms with Crippen molar-refractivity contribution in [1.82, 2.24) is 0 Å². The van der Waals surface area contributed by atoms with Gasteiger partial charge in [0, 0.05) is 11.8 Å². The van der Waals surface area contributed by atoms with Crippen LogP contribution in [-0.2, 0) is 4.79 Å². The van der Waals surface area contributed by atoms with Gasteiger partial charge in [0.05, 0.1) is 0 Å². The highest BCUT2D eigenvalue weighted by atomic mass is 16.1. The zero-order valence-electron chi connectivity index (χ0n) is 12.5. The summed E-state index contributed by atoms with van der Waals surface area (Å²) in [5.41, 5.74) is 0.883. The molecule has 3 rings (SSSR count). The fourth-order valence-corrected chi connectivity index (χ4v) is 5.57. The lowest BCUT2D eigenvalue weighted by Gasteiger charge is -2.44. The minimum atomic E-state index is 0.328. The lowest BCUT2D eigenvalue weighted by molar-refractivity contribution is -0.133. The van der Waals surface area contributed by atoms with E-state index >= 15 is 0 Å². The van der Waals surface area contributed by atoms with Crippen LogP contribution in [0.5, 0.6) is 0 Å². The van der Waals surface area contributed by atoms with Crippen molar-refractivity contribution in [1.29, 1.82) is 0 Å². The van der Waals surface area contributed by atoms with Crippen LogP contribution in [0.15, 0.2) is 0 Å². The van der Waals surface area contributed by atoms with Crippen LogP contribution in [0.4, 0.5) is 0 Å². The standard InChI is InChI=1S/C17H28O/c1-11-6-5-7-13(15(11)18)14-10-12-8-9-17(14,4)16(12,2)3/h11-14H,5-10H2,1-4H3/t11-,12?,13?,14?,17?/m1/s1. The molecule has 0 radical (unpaired) electrons. The average molecular weight is 248 g/mol. The van der Waals surface area contributed by atoms with Crippen LogP contribution in [0.3, 0.4) is 0 Å². The first kappa shape index (κ1) is 12.7. The molecule has 3 saturated carbocycles. The number of hydrogen-bond donors (Lipinski definition) is 0. The molecule has 0 heterocycles. The van der Waals surface area contributed by atoms with Crippen molar-refractivity contribution in [2.45, 2.75) is 66.2 Å². The number of Topliss-reactive ketones (excluding diaryl/α,β-unsaturated/α-hetero) is 1. The molecule has 5 atom stereocenters. The molecule has 0 saturated heterocycles. The van der Waals surface area contributed by atoms with Gasteiger partial charge in [-0.3, -0.25) is 4.79 Å². The Morgan fingerprint density at radius 3 is 2.39 bits per heavy atom. The largest absolute Gasteiger partial charge is 0.299 e. The molecule has 1 nitrogen and oxygen atoms in total. The summed E-state index contributed by atoms with van der Waals surface area (Å²) in [6.45, 7) is 9.55. The molecule has 102 valence electrons. The summed E-state index contributed by atoms with van der Waals surface area (Å²) >= 11 is 0. The molecule has 3 aliphatic rings. The van der Waals surface area contributed by atoms with Crippen molar-refractivity contribution in [2.24, 2.45) is 34.5 Å². The number of carbonyl (C=O) groups is 1. The Kier molecular flexibility index (Phi) is 2.70. The van der Waals surface area contributed by atoms with E-state index in [-0.39, 0.29) is 0 Å². The van der Waals surface area contributed by atoms with Crippen LogP contribution in [0.25, 0.3) is 0 Å². The van der Waals surface area contributed by atoms with Gasteiger partial charge in [0.25, 0.3) is 0 Å². The van der Waals surface area contributed by atoms with E-state index in [1.165, 1.54) is 32.1 Å². The van der Waals surface area contributed by atoms with Crippen LogP contribution in [0.2, 0.25) is 0 Å². The van der Waals surface area contributed by atoms with Crippen LogP contribution < -0.4 is 0 Å². The van der Waals surface area contributed by atoms with E-state index in [0.29, 0.717) is 34.4 Å². The summed E-state index contributed by atoms with van der Waals surface area (Å²) in [7, 11) is 0. The van der Waals surface area contributed by atoms with Crippen molar-refractivity contribution in [3.63, 3.8) is 0 Å². The Labute approximate surface area is 112 Å². The molecule has 18 heavy (non-hydrogen) atoms. The number of ketones is 1. The smallest absolute Gasteiger partial charge is 0.139 e. The Morgan fingerprint density at radius 2 is 1.83 bits per heavy atom. The van der Waals surface area contributed by atoms with E-state index in [2.05, 4.69) is 27.7 Å². The topological polar surface area (TPSA) is 17.1 Å². The van der Waals surface area contributed by atoms with Crippen LogP contribution >= 0.6 is 0 Å². The fourth-order valence-electron chi connectivity index (χ4n) is 5.57. The molecule has 0 aromatic heterocycles. The molecule has 1 heteroatoms. The maximum atomic E-state index is 12.5. The van der Waals surface area contributed by atoms with Crippen molar-refractivity contribution in [3.05, 3.63) is 0 Å². The Morgan fingerprint density at radius 1 is 1.11 bits per heavy atom. The monoisotopic (exact) mass is 248 g/mol. The van der Waals surface area contributed by atoms with Crippen LogP contribution in [-0.4, -0.2) is 5.78 Å². The molecule has 3 aliphatic carbocycles. The summed E-state index contributed by atoms with van der Waals surface area (Å²) in [5.74, 6) is 2.87. The molecule has 2 bridgehead atoms. The summed E-state index contributed by atoms with van der Waals surface area (Å²) < 4.78 is 0. The molecule has 3 fully saturated rings. The van der Waals surface area contributed by atoms with Gasteiger partial charge in [0.1, 0.15) is 5.78 Å². The van der Waals surface area contributed by atoms with Gasteiger partial charge < -0.3 is 0 Å². The zero-order chi connectivity index (χ0) is 13.1. The van der Waals surface area contributed by atoms with Gasteiger partial charge in [0.2, 0.25) is 0 Å². The van der Waals surface area contributed by atoms with Gasteiger partial charge >= 0.3 is 0 Å². The molecular weight excluding hydrogens is 220 g/mol. The first-order chi connectivity index (χ1) is 8.38. The van der Waals surface area contributed by atoms with E-state index in [1.807, 2.05) is 0 Å². The average Bonchev–Trinajstić information content (AvgIpc) is 2.65. The molecule has 0 aromatic carbocycles. The Bertz CT molecular complexity index is 370. The summed E-state index contributed by atoms with van der Waals surface area (Å²) in [6, 6.07) is 0. The zero-order valence-corrected chi connectivity index (χ0v) is 12.5. The van der Waals surface area contributed by atoms with Gasteiger partial charge in [-0.05, 0) is 54.8 Å². The maximum Gasteiger partial charge on any atom is 0.139 e. The molecule has 0 amide bonds. The first-order valence-corrected chi connectivity index (χ1v) is 7.91. The number of hydrogen-bond acceptors (Lipinski definition) is 1. The minimum Gasteiger partial charge on any atom is -0.299 e. The van der Waals surface area contributed by atoms with Crippen LogP contribution in [0.1, 0.15) is 66.2 Å². The predicted octanol–water partition coefficient (Wildman–Crippen LogP) is 4.45. The third-order valence-corrected chi connectivity index (χ3v) is 7.35. The van der Waals surface area contributed by atoms with E-state index < -0.39 is 0 Å². The molecule has 4 unspecified atom stereocenters. The van der Waals surface area contributed by atoms with Crippen molar-refractivity contribution < 1.29 is 4.79 Å². The summed E-state index contributed by atoms with van der Waals surface area (Å²) in [5, 5.41) is 0. The highest BCUT2D eigenvalue weighted by Crippen LogP contribution is 2.70. The van der Waals surface area contributed by atoms with Gasteiger partial charge in [-0.15, -0.1) is 0 Å². The first-order valence-electron chi connectivity index (χ1n) is 7.91. The van der Waals surface area contributed by atoms with Gasteiger partial charge in [0.15, 0.2) is 0 Å². The molecule has 0 N–H and O–H groups in total. The lowest BCUT2D eigenvalue weighted by atomic mass is 9.60. The number of fused-ring (bicyclic) bond motifs is 2. The molecule has 0 spiro atoms. The highest BCUT2D eigenvalue weighted by molar-refractivity contribution is 5.84. The second kappa shape index (κ2) is 3.84. The van der Waals surface area contributed by atoms with Crippen molar-refractivity contribution >= 4 is 5.78 Å². The van der Waals surface area contributed by atoms with Gasteiger partial charge in [-0.25, -0.2) is 0 Å². The predicted molar refractivity (Wildman–Crippen MR) is 74.2 cm³/mol. The maximum absolute atomic E-state index is 12.5. The van der Waals surface area contributed by atoms with E-state index in [0.717, 1.165) is 12.3 Å². The van der Waals surface area contributed by atoms with Gasteiger partial charge in [-0.2, -0.15) is 0 Å². The van der Waals surface area contributed by atoms with Crippen molar-refractivity contribution in [2.75, 3.05) is 0 Å². The third-order valence-electron chi connectivity index (χ3n) is 7.35. The highest BCUT2D eigenvalue weighted by Gasteiger charge is 2.63. The second-order valence-corrected chi connectivity index (χ2v) is 8.06. The van der Waals surface area contributed by atoms with Gasteiger partial charge in [-0.1, -0.05) is 34.1 Å². The normalized spacial score (nSPS) is 50.8. The van der Waals surface area contributed by atoms with E-state index in [9.17, 15) is 4.79 Å². The Balaban J connectivity index is 1.89. The summed E-state index contributed by atoms with van der Waals surface area (Å²) in [6.07, 6.45) is 7.66. The minimum absolute atomic E-state index is 0.328. The molecule has 0 aliphatic heterocycles. The van der Waals surface area contributed by atoms with Crippen molar-refractivity contribution in [3.8, 4) is 0 Å². The van der Waals surface area contributed by atoms with E-state index in [4.69, 9.17) is 0 Å². The number of rotatable bonds is 1. The Hall–Kier alpha value is -0.330. The van der Waals surface area contributed by atoms with Crippen LogP contribution in [0, 0.1) is 34.5 Å². The number of carbonyl (C=O) groups excluding carboxylic acids is 1. The fraction of sp³-hybridized carbons (Fsp3) is 0.941. The second-order valence-electron chi connectivity index (χ2n) is 8.06. The lowest BCUT2D eigenvalue weighted by Crippen LogP contribution is -2.41. The molecule has 0 aromatic rings. The third kappa shape index (κ3) is 1.42. The quantitative estimate of drug-likeness (QED) is 0.670.